The van der Waals surface area contributed by atoms with E-state index in [0.29, 0.717) is 19.7 Å². The second kappa shape index (κ2) is 5.47. The van der Waals surface area contributed by atoms with Crippen LogP contribution in [-0.4, -0.2) is 37.7 Å². The number of rotatable bonds is 4. The van der Waals surface area contributed by atoms with Gasteiger partial charge in [-0.3, -0.25) is 0 Å². The Morgan fingerprint density at radius 1 is 1.25 bits per heavy atom. The van der Waals surface area contributed by atoms with Crippen LogP contribution in [0.5, 0.6) is 0 Å². The first kappa shape index (κ1) is 14.0. The van der Waals surface area contributed by atoms with Crippen LogP contribution in [0.4, 0.5) is 0 Å². The maximum atomic E-state index is 12.3. The Hall–Kier alpha value is -0.910. The molecule has 3 rings (SSSR count). The van der Waals surface area contributed by atoms with Crippen LogP contribution in [0.25, 0.3) is 0 Å². The minimum atomic E-state index is -3.09. The zero-order chi connectivity index (χ0) is 14.2. The zero-order valence-corrected chi connectivity index (χ0v) is 12.6. The summed E-state index contributed by atoms with van der Waals surface area (Å²) in [6.07, 6.45) is 2.50. The highest BCUT2D eigenvalue weighted by molar-refractivity contribution is 7.90. The molecule has 4 nitrogen and oxygen atoms in total. The molecule has 0 aromatic heterocycles. The van der Waals surface area contributed by atoms with Gasteiger partial charge in [0.2, 0.25) is 10.0 Å². The zero-order valence-electron chi connectivity index (χ0n) is 11.8. The van der Waals surface area contributed by atoms with Crippen LogP contribution in [0.1, 0.15) is 37.0 Å². The van der Waals surface area contributed by atoms with Crippen LogP contribution < -0.4 is 0 Å². The van der Waals surface area contributed by atoms with Crippen LogP contribution in [0, 0.1) is 0 Å². The lowest BCUT2D eigenvalue weighted by molar-refractivity contribution is -0.00260. The fourth-order valence-corrected chi connectivity index (χ4v) is 4.43. The standard InChI is InChI=1S/C15H21NO3S/c1-2-12-3-5-13(6-4-12)15-11-16(9-10-19-15)20(17,18)14-7-8-14/h3-6,14-15H,2,7-11H2,1H3/t15-/m0/s1. The van der Waals surface area contributed by atoms with Crippen molar-refractivity contribution < 1.29 is 13.2 Å². The molecule has 1 aliphatic carbocycles. The highest BCUT2D eigenvalue weighted by Crippen LogP contribution is 2.33. The van der Waals surface area contributed by atoms with Gasteiger partial charge >= 0.3 is 0 Å². The normalized spacial score (nSPS) is 24.8. The van der Waals surface area contributed by atoms with Crippen molar-refractivity contribution in [1.82, 2.24) is 4.31 Å². The highest BCUT2D eigenvalue weighted by Gasteiger charge is 2.41. The predicted molar refractivity (Wildman–Crippen MR) is 78.0 cm³/mol. The van der Waals surface area contributed by atoms with E-state index in [9.17, 15) is 8.42 Å². The van der Waals surface area contributed by atoms with Gasteiger partial charge in [0, 0.05) is 13.1 Å². The fourth-order valence-electron chi connectivity index (χ4n) is 2.60. The summed E-state index contributed by atoms with van der Waals surface area (Å²) in [6, 6.07) is 8.29. The first-order valence-corrected chi connectivity index (χ1v) is 8.81. The molecule has 1 atom stereocenters. The van der Waals surface area contributed by atoms with Crippen LogP contribution in [0.2, 0.25) is 0 Å². The Morgan fingerprint density at radius 3 is 2.55 bits per heavy atom. The molecule has 0 unspecified atom stereocenters. The fraction of sp³-hybridized carbons (Fsp3) is 0.600. The SMILES string of the molecule is CCc1ccc([C@@H]2CN(S(=O)(=O)C3CC3)CCO2)cc1. The monoisotopic (exact) mass is 295 g/mol. The molecule has 0 spiro atoms. The number of sulfonamides is 1. The molecule has 1 aliphatic heterocycles. The third kappa shape index (κ3) is 2.75. The van der Waals surface area contributed by atoms with Crippen molar-refractivity contribution in [3.63, 3.8) is 0 Å². The largest absolute Gasteiger partial charge is 0.371 e. The van der Waals surface area contributed by atoms with E-state index in [0.717, 1.165) is 24.8 Å². The number of aryl methyl sites for hydroxylation is 1. The first-order chi connectivity index (χ1) is 9.61. The van der Waals surface area contributed by atoms with E-state index in [1.165, 1.54) is 5.56 Å². The van der Waals surface area contributed by atoms with Gasteiger partial charge in [0.15, 0.2) is 0 Å². The van der Waals surface area contributed by atoms with Crippen LogP contribution in [0.3, 0.4) is 0 Å². The molecule has 1 saturated heterocycles. The van der Waals surface area contributed by atoms with E-state index >= 15 is 0 Å². The Balaban J connectivity index is 1.74. The average Bonchev–Trinajstić information content (AvgIpc) is 3.33. The van der Waals surface area contributed by atoms with Gasteiger partial charge in [0.1, 0.15) is 0 Å². The van der Waals surface area contributed by atoms with E-state index in [-0.39, 0.29) is 11.4 Å². The molecule has 2 aliphatic rings. The Kier molecular flexibility index (Phi) is 3.84. The van der Waals surface area contributed by atoms with Gasteiger partial charge in [-0.1, -0.05) is 31.2 Å². The number of benzene rings is 1. The van der Waals surface area contributed by atoms with E-state index in [2.05, 4.69) is 31.2 Å². The van der Waals surface area contributed by atoms with Crippen LogP contribution in [-0.2, 0) is 21.2 Å². The molecular weight excluding hydrogens is 274 g/mol. The molecular formula is C15H21NO3S. The summed E-state index contributed by atoms with van der Waals surface area (Å²) in [5.74, 6) is 0. The summed E-state index contributed by atoms with van der Waals surface area (Å²) in [5.41, 5.74) is 2.35. The smallest absolute Gasteiger partial charge is 0.217 e. The summed E-state index contributed by atoms with van der Waals surface area (Å²) in [4.78, 5) is 0. The van der Waals surface area contributed by atoms with Gasteiger partial charge in [0.25, 0.3) is 0 Å². The second-order valence-electron chi connectivity index (χ2n) is 5.56. The van der Waals surface area contributed by atoms with Crippen LogP contribution >= 0.6 is 0 Å². The number of morpholine rings is 1. The summed E-state index contributed by atoms with van der Waals surface area (Å²) >= 11 is 0. The minimum absolute atomic E-state index is 0.135. The number of hydrogen-bond donors (Lipinski definition) is 0. The molecule has 1 heterocycles. The summed E-state index contributed by atoms with van der Waals surface area (Å²) in [6.45, 7) is 3.54. The van der Waals surface area contributed by atoms with Crippen molar-refractivity contribution >= 4 is 10.0 Å². The molecule has 110 valence electrons. The molecule has 0 N–H and O–H groups in total. The number of hydrogen-bond acceptors (Lipinski definition) is 3. The van der Waals surface area contributed by atoms with Gasteiger partial charge in [0.05, 0.1) is 18.0 Å². The minimum Gasteiger partial charge on any atom is -0.371 e. The molecule has 0 bridgehead atoms. The quantitative estimate of drug-likeness (QED) is 0.855. The topological polar surface area (TPSA) is 46.6 Å². The molecule has 1 aromatic rings. The molecule has 2 fully saturated rings. The van der Waals surface area contributed by atoms with Crippen molar-refractivity contribution in [2.45, 2.75) is 37.5 Å². The third-order valence-corrected chi connectivity index (χ3v) is 6.46. The lowest BCUT2D eigenvalue weighted by Gasteiger charge is -2.32. The third-order valence-electron chi connectivity index (χ3n) is 4.09. The van der Waals surface area contributed by atoms with Crippen molar-refractivity contribution in [3.05, 3.63) is 35.4 Å². The Labute approximate surface area is 120 Å². The Morgan fingerprint density at radius 2 is 1.95 bits per heavy atom. The van der Waals surface area contributed by atoms with Crippen molar-refractivity contribution in [2.24, 2.45) is 0 Å². The van der Waals surface area contributed by atoms with E-state index in [4.69, 9.17) is 4.74 Å². The van der Waals surface area contributed by atoms with Gasteiger partial charge < -0.3 is 4.74 Å². The molecule has 5 heteroatoms. The maximum absolute atomic E-state index is 12.3. The average molecular weight is 295 g/mol. The summed E-state index contributed by atoms with van der Waals surface area (Å²) < 4.78 is 32.0. The van der Waals surface area contributed by atoms with E-state index in [1.54, 1.807) is 4.31 Å². The molecule has 0 radical (unpaired) electrons. The molecule has 20 heavy (non-hydrogen) atoms. The lowest BCUT2D eigenvalue weighted by Crippen LogP contribution is -2.43. The van der Waals surface area contributed by atoms with E-state index in [1.807, 2.05) is 0 Å². The van der Waals surface area contributed by atoms with Gasteiger partial charge in [-0.2, -0.15) is 4.31 Å². The van der Waals surface area contributed by atoms with Crippen molar-refractivity contribution in [3.8, 4) is 0 Å². The van der Waals surface area contributed by atoms with Crippen molar-refractivity contribution in [2.75, 3.05) is 19.7 Å². The summed E-state index contributed by atoms with van der Waals surface area (Å²) in [5, 5.41) is -0.135. The summed E-state index contributed by atoms with van der Waals surface area (Å²) in [7, 11) is -3.09. The first-order valence-electron chi connectivity index (χ1n) is 7.30. The maximum Gasteiger partial charge on any atom is 0.217 e. The number of ether oxygens (including phenoxy) is 1. The second-order valence-corrected chi connectivity index (χ2v) is 7.77. The lowest BCUT2D eigenvalue weighted by atomic mass is 10.1. The molecule has 1 aromatic carbocycles. The van der Waals surface area contributed by atoms with E-state index < -0.39 is 10.0 Å². The van der Waals surface area contributed by atoms with Gasteiger partial charge in [-0.25, -0.2) is 8.42 Å². The molecule has 0 amide bonds. The Bertz CT molecular complexity index is 563. The van der Waals surface area contributed by atoms with Gasteiger partial charge in [-0.15, -0.1) is 0 Å². The van der Waals surface area contributed by atoms with Crippen molar-refractivity contribution in [1.29, 1.82) is 0 Å². The predicted octanol–water partition coefficient (Wildman–Crippen LogP) is 2.11. The van der Waals surface area contributed by atoms with Gasteiger partial charge in [-0.05, 0) is 30.4 Å². The molecule has 1 saturated carbocycles. The number of nitrogens with zero attached hydrogens (tertiary/aromatic N) is 1. The highest BCUT2D eigenvalue weighted by atomic mass is 32.2. The van der Waals surface area contributed by atoms with Crippen LogP contribution in [0.15, 0.2) is 24.3 Å².